The van der Waals surface area contributed by atoms with Crippen LogP contribution in [0.4, 0.5) is 0 Å². The largest absolute Gasteiger partial charge is 0.475 e. The molecule has 0 amide bonds. The third kappa shape index (κ3) is 3.04. The molecule has 3 saturated heterocycles. The topological polar surface area (TPSA) is 38.3 Å². The van der Waals surface area contributed by atoms with E-state index in [0.717, 1.165) is 36.9 Å². The second-order valence-corrected chi connectivity index (χ2v) is 6.24. The summed E-state index contributed by atoms with van der Waals surface area (Å²) in [5.74, 6) is 2.11. The molecule has 0 aromatic carbocycles. The van der Waals surface area contributed by atoms with Crippen molar-refractivity contribution in [3.63, 3.8) is 0 Å². The average molecular weight is 293 g/mol. The van der Waals surface area contributed by atoms with Gasteiger partial charge >= 0.3 is 0 Å². The van der Waals surface area contributed by atoms with Gasteiger partial charge in [-0.2, -0.15) is 4.37 Å². The molecule has 0 spiro atoms. The van der Waals surface area contributed by atoms with Gasteiger partial charge in [0.25, 0.3) is 0 Å². The van der Waals surface area contributed by atoms with E-state index >= 15 is 0 Å². The molecule has 2 bridgehead atoms. The fraction of sp³-hybridized carbons (Fsp3) is 0.733. The monoisotopic (exact) mass is 293 g/mol. The first-order chi connectivity index (χ1) is 9.88. The van der Waals surface area contributed by atoms with Gasteiger partial charge in [-0.25, -0.2) is 0 Å². The number of allylic oxidation sites excluding steroid dienone is 1. The smallest absolute Gasteiger partial charge is 0.249 e. The molecule has 20 heavy (non-hydrogen) atoms. The molecule has 110 valence electrons. The molecule has 0 N–H and O–H groups in total. The zero-order valence-corrected chi connectivity index (χ0v) is 12.9. The van der Waals surface area contributed by atoms with Crippen LogP contribution in [0.15, 0.2) is 12.2 Å². The summed E-state index contributed by atoms with van der Waals surface area (Å²) in [4.78, 5) is 2.55. The number of nitrogens with zero attached hydrogens (tertiary/aromatic N) is 3. The first-order valence-corrected chi connectivity index (χ1v) is 8.44. The molecule has 0 aliphatic carbocycles. The maximum Gasteiger partial charge on any atom is 0.249 e. The Morgan fingerprint density at radius 2 is 2.15 bits per heavy atom. The Kier molecular flexibility index (Phi) is 4.68. The lowest BCUT2D eigenvalue weighted by Gasteiger charge is -2.44. The summed E-state index contributed by atoms with van der Waals surface area (Å²) in [6.45, 7) is 6.51. The van der Waals surface area contributed by atoms with Crippen molar-refractivity contribution < 1.29 is 4.74 Å². The highest BCUT2D eigenvalue weighted by atomic mass is 32.1. The Labute approximate surface area is 125 Å². The molecule has 3 aliphatic rings. The van der Waals surface area contributed by atoms with Crippen molar-refractivity contribution in [1.29, 1.82) is 0 Å². The SMILES string of the molecule is CC/C=C/CCOc1nsnc1C1CN2CCC1CC2. The molecule has 1 aromatic heterocycles. The van der Waals surface area contributed by atoms with Gasteiger partial charge in [-0.3, -0.25) is 0 Å². The minimum atomic E-state index is 0.539. The Hall–Kier alpha value is -0.940. The molecule has 3 fully saturated rings. The zero-order chi connectivity index (χ0) is 13.8. The van der Waals surface area contributed by atoms with Gasteiger partial charge in [-0.15, -0.1) is 4.37 Å². The van der Waals surface area contributed by atoms with Crippen molar-refractivity contribution in [3.8, 4) is 5.88 Å². The fourth-order valence-corrected chi connectivity index (χ4v) is 3.86. The Morgan fingerprint density at radius 1 is 1.30 bits per heavy atom. The molecule has 4 nitrogen and oxygen atoms in total. The Balaban J connectivity index is 1.60. The number of hydrogen-bond donors (Lipinski definition) is 0. The van der Waals surface area contributed by atoms with Gasteiger partial charge in [0, 0.05) is 12.5 Å². The van der Waals surface area contributed by atoms with Crippen LogP contribution in [0.2, 0.25) is 0 Å². The molecule has 3 aliphatic heterocycles. The van der Waals surface area contributed by atoms with Crippen LogP contribution in [0.5, 0.6) is 5.88 Å². The lowest BCUT2D eigenvalue weighted by molar-refractivity contribution is 0.0841. The normalized spacial score (nSPS) is 29.1. The summed E-state index contributed by atoms with van der Waals surface area (Å²) in [5, 5.41) is 0. The van der Waals surface area contributed by atoms with Gasteiger partial charge in [0.1, 0.15) is 5.69 Å². The summed E-state index contributed by atoms with van der Waals surface area (Å²) < 4.78 is 14.7. The molecular weight excluding hydrogens is 270 g/mol. The number of fused-ring (bicyclic) bond motifs is 3. The van der Waals surface area contributed by atoms with Crippen molar-refractivity contribution in [3.05, 3.63) is 17.8 Å². The predicted octanol–water partition coefficient (Wildman–Crippen LogP) is 3.08. The van der Waals surface area contributed by atoms with Crippen molar-refractivity contribution in [1.82, 2.24) is 13.6 Å². The van der Waals surface area contributed by atoms with E-state index in [4.69, 9.17) is 4.74 Å². The number of piperidine rings is 3. The molecule has 0 saturated carbocycles. The van der Waals surface area contributed by atoms with Crippen LogP contribution in [0.1, 0.15) is 44.2 Å². The van der Waals surface area contributed by atoms with Crippen molar-refractivity contribution in [2.45, 2.75) is 38.5 Å². The number of rotatable bonds is 6. The van der Waals surface area contributed by atoms with Crippen LogP contribution in [-0.2, 0) is 0 Å². The van der Waals surface area contributed by atoms with E-state index < -0.39 is 0 Å². The molecular formula is C15H23N3OS. The molecule has 1 aromatic rings. The highest BCUT2D eigenvalue weighted by Crippen LogP contribution is 2.41. The lowest BCUT2D eigenvalue weighted by atomic mass is 9.77. The van der Waals surface area contributed by atoms with E-state index in [2.05, 4.69) is 32.7 Å². The van der Waals surface area contributed by atoms with E-state index in [-0.39, 0.29) is 0 Å². The van der Waals surface area contributed by atoms with Crippen LogP contribution < -0.4 is 4.74 Å². The third-order valence-electron chi connectivity index (χ3n) is 4.42. The standard InChI is InChI=1S/C15H23N3OS/c1-2-3-4-5-10-19-15-14(16-20-17-15)13-11-18-8-6-12(13)7-9-18/h3-4,12-13H,2,5-11H2,1H3/b4-3+. The van der Waals surface area contributed by atoms with Gasteiger partial charge in [0.15, 0.2) is 0 Å². The highest BCUT2D eigenvalue weighted by molar-refractivity contribution is 6.99. The van der Waals surface area contributed by atoms with Gasteiger partial charge in [0.05, 0.1) is 18.3 Å². The van der Waals surface area contributed by atoms with Crippen LogP contribution in [-0.4, -0.2) is 39.9 Å². The van der Waals surface area contributed by atoms with E-state index in [9.17, 15) is 0 Å². The summed E-state index contributed by atoms with van der Waals surface area (Å²) in [5.41, 5.74) is 1.11. The maximum atomic E-state index is 5.85. The first kappa shape index (κ1) is 14.0. The molecule has 5 heteroatoms. The van der Waals surface area contributed by atoms with E-state index in [1.54, 1.807) is 0 Å². The van der Waals surface area contributed by atoms with Crippen molar-refractivity contribution in [2.24, 2.45) is 5.92 Å². The predicted molar refractivity (Wildman–Crippen MR) is 81.4 cm³/mol. The van der Waals surface area contributed by atoms with E-state index in [1.807, 2.05) is 0 Å². The Bertz CT molecular complexity index is 452. The van der Waals surface area contributed by atoms with E-state index in [1.165, 1.54) is 37.7 Å². The first-order valence-electron chi connectivity index (χ1n) is 7.71. The number of hydrogen-bond acceptors (Lipinski definition) is 5. The second-order valence-electron chi connectivity index (χ2n) is 5.72. The molecule has 1 atom stereocenters. The molecule has 1 unspecified atom stereocenters. The molecule has 4 rings (SSSR count). The lowest BCUT2D eigenvalue weighted by Crippen LogP contribution is -2.46. The highest BCUT2D eigenvalue weighted by Gasteiger charge is 2.38. The zero-order valence-electron chi connectivity index (χ0n) is 12.1. The van der Waals surface area contributed by atoms with Gasteiger partial charge in [0.2, 0.25) is 5.88 Å². The minimum Gasteiger partial charge on any atom is -0.475 e. The van der Waals surface area contributed by atoms with Crippen LogP contribution in [0.25, 0.3) is 0 Å². The number of aromatic nitrogens is 2. The summed E-state index contributed by atoms with van der Waals surface area (Å²) >= 11 is 1.29. The quantitative estimate of drug-likeness (QED) is 0.597. The molecule has 4 heterocycles. The average Bonchev–Trinajstić information content (AvgIpc) is 2.96. The molecule has 0 radical (unpaired) electrons. The van der Waals surface area contributed by atoms with Crippen LogP contribution >= 0.6 is 11.7 Å². The van der Waals surface area contributed by atoms with Gasteiger partial charge < -0.3 is 9.64 Å². The van der Waals surface area contributed by atoms with E-state index in [0.29, 0.717) is 12.5 Å². The number of ether oxygens (including phenoxy) is 1. The minimum absolute atomic E-state index is 0.539. The second kappa shape index (κ2) is 6.68. The van der Waals surface area contributed by atoms with Gasteiger partial charge in [-0.05, 0) is 44.7 Å². The summed E-state index contributed by atoms with van der Waals surface area (Å²) in [7, 11) is 0. The maximum absolute atomic E-state index is 5.85. The summed E-state index contributed by atoms with van der Waals surface area (Å²) in [6.07, 6.45) is 9.00. The van der Waals surface area contributed by atoms with Crippen LogP contribution in [0.3, 0.4) is 0 Å². The van der Waals surface area contributed by atoms with Crippen molar-refractivity contribution >= 4 is 11.7 Å². The van der Waals surface area contributed by atoms with Gasteiger partial charge in [-0.1, -0.05) is 19.1 Å². The van der Waals surface area contributed by atoms with Crippen molar-refractivity contribution in [2.75, 3.05) is 26.2 Å². The third-order valence-corrected chi connectivity index (χ3v) is 4.94. The summed E-state index contributed by atoms with van der Waals surface area (Å²) in [6, 6.07) is 0. The van der Waals surface area contributed by atoms with Crippen LogP contribution in [0, 0.1) is 5.92 Å². The fourth-order valence-electron chi connectivity index (χ4n) is 3.30. The Morgan fingerprint density at radius 3 is 2.85 bits per heavy atom.